The Morgan fingerprint density at radius 1 is 1.17 bits per heavy atom. The zero-order chi connectivity index (χ0) is 4.50. The summed E-state index contributed by atoms with van der Waals surface area (Å²) in [4.78, 5) is 0. The summed E-state index contributed by atoms with van der Waals surface area (Å²) in [6.07, 6.45) is 0. The van der Waals surface area contributed by atoms with Gasteiger partial charge in [-0.15, -0.1) is 0 Å². The molecule has 0 rings (SSSR count). The van der Waals surface area contributed by atoms with E-state index >= 15 is 0 Å². The predicted molar refractivity (Wildman–Crippen MR) is 10.8 cm³/mol. The van der Waals surface area contributed by atoms with Gasteiger partial charge in [0.25, 0.3) is 0 Å². The summed E-state index contributed by atoms with van der Waals surface area (Å²) in [6.45, 7) is 0. The second kappa shape index (κ2) is 3.79. The molecular formula is H3CaIO4. The van der Waals surface area contributed by atoms with E-state index in [1.807, 2.05) is 0 Å². The SMILES string of the molecule is [CaH2].[O-][I+3]([O-])([O-])O. The molecule has 0 aliphatic rings. The molecule has 0 radical (unpaired) electrons. The van der Waals surface area contributed by atoms with Gasteiger partial charge >= 0.3 is 57.8 Å². The van der Waals surface area contributed by atoms with Crippen molar-refractivity contribution in [3.05, 3.63) is 0 Å². The molecule has 36 valence electrons. The normalized spacial score (nSPS) is 10.0. The van der Waals surface area contributed by atoms with Crippen LogP contribution >= 0.6 is 0 Å². The average Bonchev–Trinajstić information content (AvgIpc) is 0.722. The first-order valence-electron chi connectivity index (χ1n) is 0.632. The zero-order valence-corrected chi connectivity index (χ0v) is 4.21. The van der Waals surface area contributed by atoms with E-state index < -0.39 is 20.1 Å². The first kappa shape index (κ1) is 10.7. The molecule has 0 unspecified atom stereocenters. The van der Waals surface area contributed by atoms with Crippen LogP contribution in [-0.2, 0) is 0 Å². The van der Waals surface area contributed by atoms with Crippen LogP contribution in [0.25, 0.3) is 0 Å². The second-order valence-electron chi connectivity index (χ2n) is 0.396. The summed E-state index contributed by atoms with van der Waals surface area (Å²) in [5.41, 5.74) is 0. The van der Waals surface area contributed by atoms with Crippen molar-refractivity contribution in [1.29, 1.82) is 0 Å². The van der Waals surface area contributed by atoms with Crippen LogP contribution in [-0.4, -0.2) is 41.2 Å². The van der Waals surface area contributed by atoms with Crippen molar-refractivity contribution in [2.45, 2.75) is 0 Å². The van der Waals surface area contributed by atoms with Gasteiger partial charge in [-0.05, 0) is 0 Å². The third-order valence-corrected chi connectivity index (χ3v) is 0. The third-order valence-electron chi connectivity index (χ3n) is 0. The van der Waals surface area contributed by atoms with Crippen molar-refractivity contribution in [1.82, 2.24) is 0 Å². The van der Waals surface area contributed by atoms with E-state index in [9.17, 15) is 0 Å². The zero-order valence-electron chi connectivity index (χ0n) is 2.05. The molecule has 0 fully saturated rings. The molecule has 0 spiro atoms. The van der Waals surface area contributed by atoms with Gasteiger partial charge in [-0.25, -0.2) is 0 Å². The van der Waals surface area contributed by atoms with E-state index in [1.165, 1.54) is 0 Å². The van der Waals surface area contributed by atoms with E-state index in [-0.39, 0.29) is 37.7 Å². The van der Waals surface area contributed by atoms with Crippen LogP contribution in [0.15, 0.2) is 0 Å². The van der Waals surface area contributed by atoms with E-state index in [1.54, 1.807) is 0 Å². The summed E-state index contributed by atoms with van der Waals surface area (Å²) in [6, 6.07) is 0. The van der Waals surface area contributed by atoms with Gasteiger partial charge in [0, 0.05) is 3.44 Å². The third kappa shape index (κ3) is 40.6. The van der Waals surface area contributed by atoms with Crippen LogP contribution in [0.2, 0.25) is 0 Å². The van der Waals surface area contributed by atoms with Crippen LogP contribution in [0, 0.1) is 0 Å². The van der Waals surface area contributed by atoms with Crippen LogP contribution in [0.3, 0.4) is 0 Å². The maximum atomic E-state index is 8.73. The van der Waals surface area contributed by atoms with Gasteiger partial charge < -0.3 is 0 Å². The van der Waals surface area contributed by atoms with Crippen LogP contribution in [0.5, 0.6) is 0 Å². The maximum Gasteiger partial charge on any atom is 0.368 e. The minimum atomic E-state index is -5.69. The Labute approximate surface area is 70.5 Å². The van der Waals surface area contributed by atoms with E-state index in [0.29, 0.717) is 0 Å². The molecule has 0 saturated heterocycles. The Balaban J connectivity index is 0. The standard InChI is InChI=1S/Ca.HIO4.2H/c;2-1(3,4)5;;/h;2H;;. The van der Waals surface area contributed by atoms with Crippen LogP contribution in [0.1, 0.15) is 0 Å². The van der Waals surface area contributed by atoms with Gasteiger partial charge in [0.05, 0.1) is 0 Å². The summed E-state index contributed by atoms with van der Waals surface area (Å²) in [5, 5.41) is 0. The molecule has 0 amide bonds. The number of hydrogen-bond donors (Lipinski definition) is 1. The number of rotatable bonds is 0. The average molecular weight is 234 g/mol. The van der Waals surface area contributed by atoms with Gasteiger partial charge in [0.1, 0.15) is 0 Å². The topological polar surface area (TPSA) is 89.4 Å². The van der Waals surface area contributed by atoms with Gasteiger partial charge in [0.15, 0.2) is 0 Å². The molecule has 0 atom stereocenters. The molecule has 0 aromatic rings. The Morgan fingerprint density at radius 3 is 1.17 bits per heavy atom. The minimum Gasteiger partial charge on any atom is -0.256 e. The van der Waals surface area contributed by atoms with Crippen molar-refractivity contribution >= 4 is 37.7 Å². The maximum absolute atomic E-state index is 8.73. The molecule has 0 aliphatic heterocycles. The van der Waals surface area contributed by atoms with Crippen LogP contribution in [0.4, 0.5) is 0 Å². The molecule has 0 aliphatic carbocycles. The summed E-state index contributed by atoms with van der Waals surface area (Å²) < 4.78 is 33.2. The van der Waals surface area contributed by atoms with Crippen molar-refractivity contribution in [3.8, 4) is 0 Å². The van der Waals surface area contributed by atoms with Gasteiger partial charge in [-0.3, -0.25) is 10.3 Å². The largest absolute Gasteiger partial charge is 0.368 e. The molecule has 0 bridgehead atoms. The molecular weight excluding hydrogens is 231 g/mol. The van der Waals surface area contributed by atoms with Gasteiger partial charge in [-0.2, -0.15) is 0 Å². The Hall–Kier alpha value is 1.83. The molecule has 6 heteroatoms. The van der Waals surface area contributed by atoms with Gasteiger partial charge in [-0.1, -0.05) is 0 Å². The first-order chi connectivity index (χ1) is 2.00. The molecule has 0 aromatic heterocycles. The fourth-order valence-corrected chi connectivity index (χ4v) is 0. The number of hydrogen-bond acceptors (Lipinski definition) is 4. The molecule has 1 N–H and O–H groups in total. The molecule has 0 aromatic carbocycles. The quantitative estimate of drug-likeness (QED) is 0.333. The number of halogens is 1. The summed E-state index contributed by atoms with van der Waals surface area (Å²) in [5.74, 6) is 0. The fraction of sp³-hybridized carbons (Fsp3) is 0. The molecule has 6 heavy (non-hydrogen) atoms. The summed E-state index contributed by atoms with van der Waals surface area (Å²) in [7, 11) is 0. The first-order valence-corrected chi connectivity index (χ1v) is 4.24. The molecule has 0 saturated carbocycles. The van der Waals surface area contributed by atoms with Gasteiger partial charge in [0.2, 0.25) is 0 Å². The van der Waals surface area contributed by atoms with Crippen molar-refractivity contribution < 1.29 is 33.8 Å². The Morgan fingerprint density at radius 2 is 1.17 bits per heavy atom. The predicted octanol–water partition coefficient (Wildman–Crippen LogP) is -8.04. The smallest absolute Gasteiger partial charge is 0.256 e. The van der Waals surface area contributed by atoms with Crippen molar-refractivity contribution in [2.24, 2.45) is 0 Å². The van der Waals surface area contributed by atoms with E-state index in [0.717, 1.165) is 0 Å². The van der Waals surface area contributed by atoms with E-state index in [2.05, 4.69) is 0 Å². The second-order valence-corrected chi connectivity index (χ2v) is 2.66. The van der Waals surface area contributed by atoms with Crippen molar-refractivity contribution in [3.63, 3.8) is 0 Å². The molecule has 4 nitrogen and oxygen atoms in total. The molecule has 0 heterocycles. The Kier molecular flexibility index (Phi) is 6.78. The fourth-order valence-electron chi connectivity index (χ4n) is 0. The monoisotopic (exact) mass is 234 g/mol. The van der Waals surface area contributed by atoms with Crippen molar-refractivity contribution in [2.75, 3.05) is 0 Å². The van der Waals surface area contributed by atoms with E-state index in [4.69, 9.17) is 13.7 Å². The Bertz CT molecular complexity index is 23.0. The van der Waals surface area contributed by atoms with Crippen LogP contribution < -0.4 is 30.4 Å². The summed E-state index contributed by atoms with van der Waals surface area (Å²) >= 11 is -5.69. The minimum absolute atomic E-state index is 0.